The van der Waals surface area contributed by atoms with Crippen LogP contribution in [0.2, 0.25) is 0 Å². The highest BCUT2D eigenvalue weighted by molar-refractivity contribution is 5.96. The van der Waals surface area contributed by atoms with E-state index in [0.717, 1.165) is 11.5 Å². The molecule has 0 saturated heterocycles. The molecule has 1 aromatic rings. The molecule has 4 nitrogen and oxygen atoms in total. The topological polar surface area (TPSA) is 46.5 Å². The van der Waals surface area contributed by atoms with Crippen molar-refractivity contribution < 1.29 is 4.74 Å². The van der Waals surface area contributed by atoms with E-state index in [2.05, 4.69) is 15.3 Å². The Morgan fingerprint density at radius 1 is 1.54 bits per heavy atom. The maximum atomic E-state index is 5.00. The molecule has 0 atom stereocenters. The van der Waals surface area contributed by atoms with Crippen molar-refractivity contribution in [1.29, 1.82) is 0 Å². The van der Waals surface area contributed by atoms with Crippen LogP contribution in [-0.4, -0.2) is 32.0 Å². The molecule has 0 aliphatic carbocycles. The molecular weight excluding hydrogens is 166 g/mol. The maximum Gasteiger partial charge on any atom is 0.213 e. The molecule has 1 rings (SSSR count). The lowest BCUT2D eigenvalue weighted by molar-refractivity contribution is 0.397. The van der Waals surface area contributed by atoms with Crippen LogP contribution in [0.25, 0.3) is 0 Å². The molecular formula is C9H13N3O. The minimum Gasteiger partial charge on any atom is -0.481 e. The Hall–Kier alpha value is -1.58. The van der Waals surface area contributed by atoms with Crippen molar-refractivity contribution in [2.45, 2.75) is 0 Å². The van der Waals surface area contributed by atoms with Crippen molar-refractivity contribution in [2.24, 2.45) is 4.99 Å². The summed E-state index contributed by atoms with van der Waals surface area (Å²) in [6, 6.07) is 5.55. The van der Waals surface area contributed by atoms with E-state index >= 15 is 0 Å². The van der Waals surface area contributed by atoms with Crippen molar-refractivity contribution in [3.05, 3.63) is 23.9 Å². The van der Waals surface area contributed by atoms with Gasteiger partial charge in [0, 0.05) is 20.2 Å². The van der Waals surface area contributed by atoms with Gasteiger partial charge in [0.1, 0.15) is 11.5 Å². The first kappa shape index (κ1) is 9.51. The summed E-state index contributed by atoms with van der Waals surface area (Å²) in [5.41, 5.74) is 0.782. The minimum absolute atomic E-state index is 0.592. The Kier molecular flexibility index (Phi) is 3.25. The predicted octanol–water partition coefficient (Wildman–Crippen LogP) is 0.686. The average molecular weight is 179 g/mol. The molecule has 0 aromatic carbocycles. The second-order valence-corrected chi connectivity index (χ2v) is 2.39. The largest absolute Gasteiger partial charge is 0.481 e. The molecule has 0 aliphatic heterocycles. The fraction of sp³-hybridized carbons (Fsp3) is 0.333. The number of pyridine rings is 1. The molecule has 0 bridgehead atoms. The lowest BCUT2D eigenvalue weighted by atomic mass is 10.3. The summed E-state index contributed by atoms with van der Waals surface area (Å²) >= 11 is 0. The number of ether oxygens (including phenoxy) is 1. The number of nitrogens with one attached hydrogen (secondary N) is 1. The molecule has 1 heterocycles. The summed E-state index contributed by atoms with van der Waals surface area (Å²) in [5.74, 6) is 1.34. The number of nitrogens with zero attached hydrogens (tertiary/aromatic N) is 2. The lowest BCUT2D eigenvalue weighted by Crippen LogP contribution is -2.20. The van der Waals surface area contributed by atoms with Gasteiger partial charge in [-0.1, -0.05) is 6.07 Å². The van der Waals surface area contributed by atoms with E-state index in [1.54, 1.807) is 20.2 Å². The van der Waals surface area contributed by atoms with Gasteiger partial charge in [0.25, 0.3) is 0 Å². The fourth-order valence-electron chi connectivity index (χ4n) is 1.01. The summed E-state index contributed by atoms with van der Waals surface area (Å²) in [6.07, 6.45) is 0. The third kappa shape index (κ3) is 2.18. The highest BCUT2D eigenvalue weighted by Crippen LogP contribution is 2.06. The van der Waals surface area contributed by atoms with Crippen molar-refractivity contribution in [1.82, 2.24) is 10.3 Å². The van der Waals surface area contributed by atoms with Crippen LogP contribution < -0.4 is 10.1 Å². The number of aliphatic imine (C=N–C) groups is 1. The van der Waals surface area contributed by atoms with Crippen LogP contribution in [-0.2, 0) is 0 Å². The van der Waals surface area contributed by atoms with E-state index < -0.39 is 0 Å². The first-order valence-corrected chi connectivity index (χ1v) is 3.97. The molecule has 0 amide bonds. The molecule has 0 saturated carbocycles. The van der Waals surface area contributed by atoms with Crippen molar-refractivity contribution in [3.8, 4) is 5.88 Å². The number of rotatable bonds is 2. The van der Waals surface area contributed by atoms with Crippen LogP contribution in [0.5, 0.6) is 5.88 Å². The van der Waals surface area contributed by atoms with Gasteiger partial charge in [-0.05, 0) is 6.07 Å². The second-order valence-electron chi connectivity index (χ2n) is 2.39. The summed E-state index contributed by atoms with van der Waals surface area (Å²) in [5, 5.41) is 2.95. The number of hydrogen-bond acceptors (Lipinski definition) is 3. The molecule has 0 aliphatic rings. The predicted molar refractivity (Wildman–Crippen MR) is 52.3 cm³/mol. The Bertz CT molecular complexity index is 309. The first-order valence-electron chi connectivity index (χ1n) is 3.97. The van der Waals surface area contributed by atoms with Crippen molar-refractivity contribution in [2.75, 3.05) is 21.2 Å². The van der Waals surface area contributed by atoms with E-state index in [1.807, 2.05) is 19.2 Å². The molecule has 0 radical (unpaired) electrons. The zero-order valence-electron chi connectivity index (χ0n) is 8.03. The Balaban J connectivity index is 3.00. The standard InChI is InChI=1S/C9H13N3O/c1-10-9(11-2)7-5-4-6-8(12-7)13-3/h4-6H,1-3H3,(H,10,11). The van der Waals surface area contributed by atoms with Gasteiger partial charge in [-0.3, -0.25) is 4.99 Å². The molecule has 1 aromatic heterocycles. The monoisotopic (exact) mass is 179 g/mol. The maximum absolute atomic E-state index is 5.00. The van der Waals surface area contributed by atoms with Gasteiger partial charge in [0.15, 0.2) is 0 Å². The SMILES string of the molecule is C/N=C(\NC)c1cccc(OC)n1. The van der Waals surface area contributed by atoms with E-state index in [9.17, 15) is 0 Å². The van der Waals surface area contributed by atoms with E-state index in [4.69, 9.17) is 4.74 Å². The van der Waals surface area contributed by atoms with Gasteiger partial charge in [-0.15, -0.1) is 0 Å². The van der Waals surface area contributed by atoms with Crippen LogP contribution in [0.1, 0.15) is 5.69 Å². The van der Waals surface area contributed by atoms with E-state index in [1.165, 1.54) is 0 Å². The summed E-state index contributed by atoms with van der Waals surface area (Å²) in [7, 11) is 5.12. The summed E-state index contributed by atoms with van der Waals surface area (Å²) in [6.45, 7) is 0. The fourth-order valence-corrected chi connectivity index (χ4v) is 1.01. The second kappa shape index (κ2) is 4.45. The summed E-state index contributed by atoms with van der Waals surface area (Å²) < 4.78 is 5.00. The third-order valence-electron chi connectivity index (χ3n) is 1.64. The Labute approximate surface area is 77.7 Å². The van der Waals surface area contributed by atoms with Crippen LogP contribution in [0, 0.1) is 0 Å². The highest BCUT2D eigenvalue weighted by atomic mass is 16.5. The zero-order chi connectivity index (χ0) is 9.68. The third-order valence-corrected chi connectivity index (χ3v) is 1.64. The van der Waals surface area contributed by atoms with Gasteiger partial charge in [-0.2, -0.15) is 0 Å². The Morgan fingerprint density at radius 3 is 2.85 bits per heavy atom. The van der Waals surface area contributed by atoms with Crippen LogP contribution in [0.3, 0.4) is 0 Å². The van der Waals surface area contributed by atoms with Crippen LogP contribution >= 0.6 is 0 Å². The molecule has 4 heteroatoms. The van der Waals surface area contributed by atoms with Gasteiger partial charge in [0.05, 0.1) is 7.11 Å². The molecule has 0 unspecified atom stereocenters. The molecule has 0 spiro atoms. The normalized spacial score (nSPS) is 11.2. The average Bonchev–Trinajstić information content (AvgIpc) is 2.20. The number of amidine groups is 1. The quantitative estimate of drug-likeness (QED) is 0.536. The van der Waals surface area contributed by atoms with Crippen LogP contribution in [0.15, 0.2) is 23.2 Å². The van der Waals surface area contributed by atoms with E-state index in [0.29, 0.717) is 5.88 Å². The van der Waals surface area contributed by atoms with Gasteiger partial charge in [-0.25, -0.2) is 4.98 Å². The highest BCUT2D eigenvalue weighted by Gasteiger charge is 2.02. The molecule has 1 N–H and O–H groups in total. The smallest absolute Gasteiger partial charge is 0.213 e. The van der Waals surface area contributed by atoms with Gasteiger partial charge in [0.2, 0.25) is 5.88 Å². The minimum atomic E-state index is 0.592. The van der Waals surface area contributed by atoms with Crippen molar-refractivity contribution >= 4 is 5.84 Å². The van der Waals surface area contributed by atoms with Crippen LogP contribution in [0.4, 0.5) is 0 Å². The molecule has 0 fully saturated rings. The van der Waals surface area contributed by atoms with Crippen molar-refractivity contribution in [3.63, 3.8) is 0 Å². The number of aromatic nitrogens is 1. The summed E-state index contributed by atoms with van der Waals surface area (Å²) in [4.78, 5) is 8.26. The number of methoxy groups -OCH3 is 1. The molecule has 13 heavy (non-hydrogen) atoms. The van der Waals surface area contributed by atoms with E-state index in [-0.39, 0.29) is 0 Å². The van der Waals surface area contributed by atoms with Gasteiger partial charge >= 0.3 is 0 Å². The first-order chi connectivity index (χ1) is 6.31. The zero-order valence-corrected chi connectivity index (χ0v) is 8.03. The lowest BCUT2D eigenvalue weighted by Gasteiger charge is -2.04. The molecule has 70 valence electrons. The van der Waals surface area contributed by atoms with Gasteiger partial charge < -0.3 is 10.1 Å². The number of hydrogen-bond donors (Lipinski definition) is 1. The Morgan fingerprint density at radius 2 is 2.31 bits per heavy atom.